The summed E-state index contributed by atoms with van der Waals surface area (Å²) >= 11 is 0.925. The molecule has 57 heavy (non-hydrogen) atoms. The smallest absolute Gasteiger partial charge is 0.266 e. The van der Waals surface area contributed by atoms with Crippen molar-refractivity contribution in [2.45, 2.75) is 80.9 Å². The molecule has 0 spiro atoms. The van der Waals surface area contributed by atoms with E-state index in [0.717, 1.165) is 24.7 Å². The van der Waals surface area contributed by atoms with Gasteiger partial charge in [-0.05, 0) is 98.2 Å². The third kappa shape index (κ3) is 13.9. The largest absolute Gasteiger partial charge is 0.493 e. The molecule has 13 nitrogen and oxygen atoms in total. The number of rotatable bonds is 15. The Morgan fingerprint density at radius 3 is 1.68 bits per heavy atom. The third-order valence-electron chi connectivity index (χ3n) is 9.61. The molecule has 0 unspecified atom stereocenters. The Labute approximate surface area is 338 Å². The first-order valence-corrected chi connectivity index (χ1v) is 21.3. The number of sulfonamides is 1. The van der Waals surface area contributed by atoms with Gasteiger partial charge in [-0.1, -0.05) is 74.9 Å². The molecule has 0 bridgehead atoms. The summed E-state index contributed by atoms with van der Waals surface area (Å²) in [5.41, 5.74) is 1.58. The topological polar surface area (TPSA) is 184 Å². The molecule has 4 aromatic rings. The lowest BCUT2D eigenvalue weighted by Crippen LogP contribution is -2.29. The van der Waals surface area contributed by atoms with Crippen molar-refractivity contribution in [2.75, 3.05) is 23.8 Å². The molecule has 304 valence electrons. The number of nitrogens with one attached hydrogen (secondary N) is 3. The van der Waals surface area contributed by atoms with Gasteiger partial charge in [0.15, 0.2) is 0 Å². The standard InChI is InChI=1S/C22H26N2O5S.C20H24N2O4S/c1-16(25)24-30(27,28)21-13-6-5-12-20(21)23-22(26)18-10-7-11-19(14-18)29-15-17-8-3-2-4-9-17;21-25-26-27-19-12-5-4-11-18(19)22-20(23)16-9-6-10-17(13-16)24-14-15-7-2-1-3-8-15/h5-7,10-14,17H,2-4,8-9,15H2,1H3,(H,23,26)(H,24,25);4-6,9-13,15H,1-3,7-8,14,21H2,(H,22,23). The van der Waals surface area contributed by atoms with Crippen LogP contribution in [-0.2, 0) is 24.1 Å². The maximum Gasteiger partial charge on any atom is 0.266 e. The van der Waals surface area contributed by atoms with E-state index in [-0.39, 0.29) is 16.5 Å². The Kier molecular flexibility index (Phi) is 16.8. The molecule has 0 aromatic heterocycles. The molecule has 2 aliphatic rings. The molecule has 2 aliphatic carbocycles. The van der Waals surface area contributed by atoms with Crippen molar-refractivity contribution >= 4 is 51.2 Å². The van der Waals surface area contributed by atoms with Gasteiger partial charge in [0.05, 0.1) is 41.5 Å². The van der Waals surface area contributed by atoms with Gasteiger partial charge < -0.3 is 20.1 Å². The fourth-order valence-electron chi connectivity index (χ4n) is 6.73. The Bertz CT molecular complexity index is 2050. The second kappa shape index (κ2) is 22.1. The molecule has 2 saturated carbocycles. The van der Waals surface area contributed by atoms with E-state index < -0.39 is 21.8 Å². The van der Waals surface area contributed by atoms with E-state index in [1.807, 2.05) is 29.0 Å². The summed E-state index contributed by atoms with van der Waals surface area (Å²) in [5, 5.41) is 5.49. The quantitative estimate of drug-likeness (QED) is 0.0513. The average molecular weight is 819 g/mol. The second-order valence-corrected chi connectivity index (χ2v) is 16.4. The van der Waals surface area contributed by atoms with Crippen LogP contribution in [0.25, 0.3) is 0 Å². The minimum atomic E-state index is -4.09. The van der Waals surface area contributed by atoms with Gasteiger partial charge >= 0.3 is 0 Å². The highest BCUT2D eigenvalue weighted by atomic mass is 32.2. The SMILES string of the molecule is CC(=O)NS(=O)(=O)c1ccccc1NC(=O)c1cccc(OCC2CCCCC2)c1.NOOSc1ccccc1NC(=O)c1cccc(OCC2CCCCC2)c1. The van der Waals surface area contributed by atoms with E-state index in [0.29, 0.717) is 52.5 Å². The van der Waals surface area contributed by atoms with Crippen LogP contribution in [0.5, 0.6) is 11.5 Å². The fourth-order valence-corrected chi connectivity index (χ4v) is 8.34. The highest BCUT2D eigenvalue weighted by Gasteiger charge is 2.22. The molecular weight excluding hydrogens is 769 g/mol. The van der Waals surface area contributed by atoms with Crippen molar-refractivity contribution in [3.63, 3.8) is 0 Å². The number of amides is 3. The summed E-state index contributed by atoms with van der Waals surface area (Å²) in [6, 6.07) is 27.2. The van der Waals surface area contributed by atoms with Gasteiger partial charge in [0, 0.05) is 18.1 Å². The van der Waals surface area contributed by atoms with Crippen LogP contribution in [-0.4, -0.2) is 39.4 Å². The molecule has 2 fully saturated rings. The highest BCUT2D eigenvalue weighted by molar-refractivity contribution is 7.94. The number of hydrogen-bond acceptors (Lipinski definition) is 11. The van der Waals surface area contributed by atoms with Gasteiger partial charge in [0.2, 0.25) is 5.91 Å². The van der Waals surface area contributed by atoms with Crippen LogP contribution in [0.1, 0.15) is 91.8 Å². The van der Waals surface area contributed by atoms with Crippen molar-refractivity contribution < 1.29 is 41.6 Å². The lowest BCUT2D eigenvalue weighted by atomic mass is 9.90. The predicted molar refractivity (Wildman–Crippen MR) is 219 cm³/mol. The molecule has 0 atom stereocenters. The van der Waals surface area contributed by atoms with Crippen molar-refractivity contribution in [3.05, 3.63) is 108 Å². The van der Waals surface area contributed by atoms with Crippen molar-refractivity contribution in [1.82, 2.24) is 4.72 Å². The van der Waals surface area contributed by atoms with Crippen LogP contribution in [0.2, 0.25) is 0 Å². The zero-order valence-corrected chi connectivity index (χ0v) is 33.6. The van der Waals surface area contributed by atoms with Gasteiger partial charge in [0.1, 0.15) is 16.4 Å². The van der Waals surface area contributed by atoms with Gasteiger partial charge in [-0.15, -0.1) is 9.32 Å². The summed E-state index contributed by atoms with van der Waals surface area (Å²) in [7, 11) is -4.09. The van der Waals surface area contributed by atoms with Gasteiger partial charge in [0.25, 0.3) is 21.8 Å². The highest BCUT2D eigenvalue weighted by Crippen LogP contribution is 2.29. The summed E-state index contributed by atoms with van der Waals surface area (Å²) in [6.07, 6.45) is 12.4. The normalized spacial score (nSPS) is 14.7. The number of benzene rings is 4. The number of hydrogen-bond donors (Lipinski definition) is 4. The molecular formula is C42H50N4O9S2. The molecule has 6 rings (SSSR count). The second-order valence-electron chi connectivity index (χ2n) is 14.0. The van der Waals surface area contributed by atoms with Crippen LogP contribution in [0.15, 0.2) is 107 Å². The van der Waals surface area contributed by atoms with E-state index in [1.54, 1.807) is 54.6 Å². The van der Waals surface area contributed by atoms with E-state index in [4.69, 9.17) is 15.4 Å². The summed E-state index contributed by atoms with van der Waals surface area (Å²) < 4.78 is 43.1. The molecule has 3 amide bonds. The molecule has 0 aliphatic heterocycles. The monoisotopic (exact) mass is 818 g/mol. The van der Waals surface area contributed by atoms with Crippen LogP contribution < -0.4 is 30.7 Å². The Balaban J connectivity index is 0.000000219. The minimum absolute atomic E-state index is 0.0878. The number of carbonyl (C=O) groups excluding carboxylic acids is 3. The van der Waals surface area contributed by atoms with Gasteiger partial charge in [-0.25, -0.2) is 13.1 Å². The van der Waals surface area contributed by atoms with Crippen molar-refractivity contribution in [1.29, 1.82) is 0 Å². The minimum Gasteiger partial charge on any atom is -0.493 e. The predicted octanol–water partition coefficient (Wildman–Crippen LogP) is 8.45. The maximum atomic E-state index is 12.7. The van der Waals surface area contributed by atoms with Crippen molar-refractivity contribution in [3.8, 4) is 11.5 Å². The zero-order chi connectivity index (χ0) is 40.5. The molecule has 4 aromatic carbocycles. The lowest BCUT2D eigenvalue weighted by molar-refractivity contribution is -0.195. The third-order valence-corrected chi connectivity index (χ3v) is 11.8. The number of ether oxygens (including phenoxy) is 2. The van der Waals surface area contributed by atoms with E-state index >= 15 is 0 Å². The first-order chi connectivity index (χ1) is 27.6. The average Bonchev–Trinajstić information content (AvgIpc) is 3.23. The van der Waals surface area contributed by atoms with Crippen LogP contribution in [0.3, 0.4) is 0 Å². The number of carbonyl (C=O) groups is 3. The summed E-state index contributed by atoms with van der Waals surface area (Å²) in [6.45, 7) is 2.45. The van der Waals surface area contributed by atoms with Crippen LogP contribution in [0, 0.1) is 11.8 Å². The first kappa shape index (κ1) is 43.2. The molecule has 0 saturated heterocycles. The molecule has 15 heteroatoms. The Morgan fingerprint density at radius 2 is 1.16 bits per heavy atom. The van der Waals surface area contributed by atoms with Gasteiger partial charge in [-0.2, -0.15) is 5.90 Å². The van der Waals surface area contributed by atoms with Crippen LogP contribution >= 0.6 is 12.0 Å². The van der Waals surface area contributed by atoms with Gasteiger partial charge in [-0.3, -0.25) is 14.4 Å². The molecule has 0 radical (unpaired) electrons. The maximum absolute atomic E-state index is 12.7. The molecule has 5 N–H and O–H groups in total. The summed E-state index contributed by atoms with van der Waals surface area (Å²) in [5.74, 6) is 5.95. The Hall–Kier alpha value is -4.93. The lowest BCUT2D eigenvalue weighted by Gasteiger charge is -2.21. The summed E-state index contributed by atoms with van der Waals surface area (Å²) in [4.78, 5) is 41.2. The number of nitrogens with two attached hydrogens (primary N) is 1. The van der Waals surface area contributed by atoms with Crippen molar-refractivity contribution in [2.24, 2.45) is 17.7 Å². The van der Waals surface area contributed by atoms with E-state index in [2.05, 4.69) is 20.0 Å². The first-order valence-electron chi connectivity index (χ1n) is 19.1. The van der Waals surface area contributed by atoms with Crippen LogP contribution in [0.4, 0.5) is 11.4 Å². The van der Waals surface area contributed by atoms with E-state index in [9.17, 15) is 22.8 Å². The number of anilines is 2. The molecule has 0 heterocycles. The fraction of sp³-hybridized carbons (Fsp3) is 0.357. The zero-order valence-electron chi connectivity index (χ0n) is 31.9. The number of para-hydroxylation sites is 2. The van der Waals surface area contributed by atoms with E-state index in [1.165, 1.54) is 82.4 Å². The Morgan fingerprint density at radius 1 is 0.667 bits per heavy atom.